The van der Waals surface area contributed by atoms with Crippen LogP contribution in [0.3, 0.4) is 0 Å². The Labute approximate surface area is 126 Å². The predicted octanol–water partition coefficient (Wildman–Crippen LogP) is 3.08. The van der Waals surface area contributed by atoms with E-state index in [2.05, 4.69) is 18.9 Å². The fourth-order valence-electron chi connectivity index (χ4n) is 2.37. The third kappa shape index (κ3) is 3.70. The highest BCUT2D eigenvalue weighted by Crippen LogP contribution is 2.30. The van der Waals surface area contributed by atoms with Crippen LogP contribution in [-0.4, -0.2) is 29.3 Å². The first-order valence-corrected chi connectivity index (χ1v) is 7.53. The first kappa shape index (κ1) is 15.7. The molecule has 0 spiro atoms. The second kappa shape index (κ2) is 6.85. The molecule has 1 aliphatic rings. The van der Waals surface area contributed by atoms with Gasteiger partial charge in [0.05, 0.1) is 12.6 Å². The monoisotopic (exact) mass is 288 g/mol. The smallest absolute Gasteiger partial charge is 0.274 e. The minimum absolute atomic E-state index is 0.0243. The molecule has 1 aromatic carbocycles. The topological polar surface area (TPSA) is 41.9 Å². The van der Waals surface area contributed by atoms with Gasteiger partial charge in [-0.15, -0.1) is 0 Å². The maximum Gasteiger partial charge on any atom is 0.274 e. The van der Waals surface area contributed by atoms with E-state index in [1.54, 1.807) is 11.2 Å². The van der Waals surface area contributed by atoms with E-state index in [-0.39, 0.29) is 18.1 Å². The molecule has 2 unspecified atom stereocenters. The quantitative estimate of drug-likeness (QED) is 0.596. The van der Waals surface area contributed by atoms with Crippen LogP contribution in [-0.2, 0) is 16.1 Å². The van der Waals surface area contributed by atoms with Crippen molar-refractivity contribution in [2.45, 2.75) is 46.4 Å². The summed E-state index contributed by atoms with van der Waals surface area (Å²) in [4.78, 5) is 12.2. The summed E-state index contributed by atoms with van der Waals surface area (Å²) in [6, 6.07) is 9.94. The van der Waals surface area contributed by atoms with E-state index >= 15 is 0 Å². The number of amides is 1. The molecule has 0 saturated carbocycles. The van der Waals surface area contributed by atoms with E-state index in [1.165, 1.54) is 0 Å². The molecule has 1 amide bonds. The second-order valence-electron chi connectivity index (χ2n) is 6.14. The zero-order chi connectivity index (χ0) is 15.4. The van der Waals surface area contributed by atoms with Crippen molar-refractivity contribution in [3.63, 3.8) is 0 Å². The van der Waals surface area contributed by atoms with Crippen LogP contribution in [0, 0.1) is 11.8 Å². The average molecular weight is 288 g/mol. The molecule has 4 heteroatoms. The fourth-order valence-corrected chi connectivity index (χ4v) is 2.37. The Hall–Kier alpha value is -1.68. The Balaban J connectivity index is 1.98. The van der Waals surface area contributed by atoms with Gasteiger partial charge in [0.15, 0.2) is 6.10 Å². The average Bonchev–Trinajstić information content (AvgIpc) is 2.44. The van der Waals surface area contributed by atoms with Crippen LogP contribution in [0.1, 0.15) is 33.3 Å². The summed E-state index contributed by atoms with van der Waals surface area (Å²) in [6.07, 6.45) is 1.43. The molecule has 2 atom stereocenters. The third-order valence-electron chi connectivity index (χ3n) is 3.51. The zero-order valence-electron chi connectivity index (χ0n) is 13.2. The van der Waals surface area contributed by atoms with Crippen molar-refractivity contribution in [2.24, 2.45) is 16.9 Å². The lowest BCUT2D eigenvalue weighted by molar-refractivity contribution is -0.180. The third-order valence-corrected chi connectivity index (χ3v) is 3.51. The largest absolute Gasteiger partial charge is 0.361 e. The Morgan fingerprint density at radius 1 is 1.24 bits per heavy atom. The first-order valence-electron chi connectivity index (χ1n) is 7.53. The molecule has 0 N–H and O–H groups in total. The lowest BCUT2D eigenvalue weighted by Crippen LogP contribution is -2.65. The highest BCUT2D eigenvalue weighted by Gasteiger charge is 2.50. The van der Waals surface area contributed by atoms with Gasteiger partial charge in [0.1, 0.15) is 0 Å². The van der Waals surface area contributed by atoms with E-state index in [1.807, 2.05) is 44.2 Å². The van der Waals surface area contributed by atoms with Crippen LogP contribution >= 0.6 is 0 Å². The van der Waals surface area contributed by atoms with E-state index in [9.17, 15) is 4.79 Å². The van der Waals surface area contributed by atoms with Crippen molar-refractivity contribution in [1.29, 1.82) is 0 Å². The molecule has 1 aromatic rings. The van der Waals surface area contributed by atoms with Gasteiger partial charge in [0.2, 0.25) is 0 Å². The van der Waals surface area contributed by atoms with E-state index in [0.717, 1.165) is 5.56 Å². The summed E-state index contributed by atoms with van der Waals surface area (Å²) in [5.74, 6) is 0.601. The number of ether oxygens (including phenoxy) is 1. The number of rotatable bonds is 6. The van der Waals surface area contributed by atoms with E-state index in [4.69, 9.17) is 4.74 Å². The van der Waals surface area contributed by atoms with Crippen LogP contribution in [0.5, 0.6) is 0 Å². The Kier molecular flexibility index (Phi) is 5.12. The standard InChI is InChI=1S/C17H24N2O2/c1-12(2)10-18-19-15(13(3)4)16(17(19)20)21-11-14-8-6-5-7-9-14/h5-10,12-13,15-16H,11H2,1-4H3/b18-10-. The minimum Gasteiger partial charge on any atom is -0.361 e. The Bertz CT molecular complexity index is 497. The predicted molar refractivity (Wildman–Crippen MR) is 83.8 cm³/mol. The van der Waals surface area contributed by atoms with Gasteiger partial charge in [-0.3, -0.25) is 4.79 Å². The lowest BCUT2D eigenvalue weighted by Gasteiger charge is -2.45. The maximum absolute atomic E-state index is 12.2. The first-order chi connectivity index (χ1) is 10.0. The Morgan fingerprint density at radius 2 is 1.90 bits per heavy atom. The van der Waals surface area contributed by atoms with Crippen molar-refractivity contribution < 1.29 is 9.53 Å². The lowest BCUT2D eigenvalue weighted by atomic mass is 9.90. The van der Waals surface area contributed by atoms with Gasteiger partial charge in [0.25, 0.3) is 5.91 Å². The number of nitrogens with zero attached hydrogens (tertiary/aromatic N) is 2. The summed E-state index contributed by atoms with van der Waals surface area (Å²) in [5.41, 5.74) is 1.08. The van der Waals surface area contributed by atoms with Gasteiger partial charge in [0, 0.05) is 6.21 Å². The fraction of sp³-hybridized carbons (Fsp3) is 0.529. The van der Waals surface area contributed by atoms with Gasteiger partial charge in [-0.25, -0.2) is 5.01 Å². The molecule has 21 heavy (non-hydrogen) atoms. The highest BCUT2D eigenvalue weighted by molar-refractivity contribution is 5.89. The molecule has 1 saturated heterocycles. The molecule has 0 radical (unpaired) electrons. The van der Waals surface area contributed by atoms with Crippen molar-refractivity contribution in [1.82, 2.24) is 5.01 Å². The summed E-state index contributed by atoms with van der Waals surface area (Å²) in [6.45, 7) is 8.73. The van der Waals surface area contributed by atoms with Gasteiger partial charge in [-0.1, -0.05) is 58.0 Å². The van der Waals surface area contributed by atoms with Gasteiger partial charge >= 0.3 is 0 Å². The molecular weight excluding hydrogens is 264 g/mol. The number of hydrogen-bond donors (Lipinski definition) is 0. The van der Waals surface area contributed by atoms with Crippen molar-refractivity contribution >= 4 is 12.1 Å². The maximum atomic E-state index is 12.2. The number of carbonyl (C=O) groups is 1. The van der Waals surface area contributed by atoms with Crippen molar-refractivity contribution in [3.05, 3.63) is 35.9 Å². The summed E-state index contributed by atoms with van der Waals surface area (Å²) in [5, 5.41) is 5.87. The molecule has 1 heterocycles. The van der Waals surface area contributed by atoms with Crippen molar-refractivity contribution in [3.8, 4) is 0 Å². The second-order valence-corrected chi connectivity index (χ2v) is 6.14. The van der Waals surface area contributed by atoms with Gasteiger partial charge in [-0.05, 0) is 17.4 Å². The highest BCUT2D eigenvalue weighted by atomic mass is 16.5. The van der Waals surface area contributed by atoms with Crippen LogP contribution in [0.25, 0.3) is 0 Å². The van der Waals surface area contributed by atoms with Crippen molar-refractivity contribution in [2.75, 3.05) is 0 Å². The molecule has 114 valence electrons. The number of β-lactam (4-membered cyclic amide) rings is 1. The molecule has 2 rings (SSSR count). The molecule has 4 nitrogen and oxygen atoms in total. The minimum atomic E-state index is -0.380. The molecule has 1 fully saturated rings. The summed E-state index contributed by atoms with van der Waals surface area (Å²) in [7, 11) is 0. The molecule has 0 bridgehead atoms. The molecule has 0 aliphatic carbocycles. The molecule has 1 aliphatic heterocycles. The number of hydrazone groups is 1. The molecular formula is C17H24N2O2. The van der Waals surface area contributed by atoms with Crippen LogP contribution in [0.2, 0.25) is 0 Å². The van der Waals surface area contributed by atoms with Gasteiger partial charge < -0.3 is 4.74 Å². The van der Waals surface area contributed by atoms with E-state index < -0.39 is 0 Å². The number of carbonyl (C=O) groups excluding carboxylic acids is 1. The number of benzene rings is 1. The van der Waals surface area contributed by atoms with Crippen LogP contribution in [0.4, 0.5) is 0 Å². The van der Waals surface area contributed by atoms with Gasteiger partial charge in [-0.2, -0.15) is 5.10 Å². The van der Waals surface area contributed by atoms with Crippen LogP contribution in [0.15, 0.2) is 35.4 Å². The number of hydrogen-bond acceptors (Lipinski definition) is 3. The SMILES string of the molecule is CC(C)/C=N\N1C(=O)C(OCc2ccccc2)C1C(C)C. The summed E-state index contributed by atoms with van der Waals surface area (Å²) >= 11 is 0. The van der Waals surface area contributed by atoms with Crippen LogP contribution < -0.4 is 0 Å². The normalized spacial score (nSPS) is 22.4. The summed E-state index contributed by atoms with van der Waals surface area (Å²) < 4.78 is 5.82. The zero-order valence-corrected chi connectivity index (χ0v) is 13.2. The Morgan fingerprint density at radius 3 is 2.48 bits per heavy atom. The van der Waals surface area contributed by atoms with E-state index in [0.29, 0.717) is 18.4 Å². The molecule has 0 aromatic heterocycles.